The lowest BCUT2D eigenvalue weighted by atomic mass is 10.1. The van der Waals surface area contributed by atoms with Crippen LogP contribution in [0, 0.1) is 13.8 Å². The molecule has 0 amide bonds. The average Bonchev–Trinajstić information content (AvgIpc) is 3.00. The summed E-state index contributed by atoms with van der Waals surface area (Å²) in [7, 11) is -2.43. The Balaban J connectivity index is 2.02. The topological polar surface area (TPSA) is 93.2 Å². The van der Waals surface area contributed by atoms with Crippen molar-refractivity contribution in [2.45, 2.75) is 38.6 Å². The highest BCUT2D eigenvalue weighted by molar-refractivity contribution is 7.92. The zero-order valence-electron chi connectivity index (χ0n) is 17.0. The number of benzene rings is 1. The summed E-state index contributed by atoms with van der Waals surface area (Å²) in [4.78, 5) is 9.55. The zero-order valence-corrected chi connectivity index (χ0v) is 18.6. The smallest absolute Gasteiger partial charge is 0.265 e. The quantitative estimate of drug-likeness (QED) is 0.573. The molecule has 0 saturated carbocycles. The van der Waals surface area contributed by atoms with Gasteiger partial charge in [0.15, 0.2) is 5.13 Å². The summed E-state index contributed by atoms with van der Waals surface area (Å²) in [6.45, 7) is 7.84. The number of thiazole rings is 1. The van der Waals surface area contributed by atoms with Gasteiger partial charge in [0.1, 0.15) is 10.6 Å². The molecule has 0 unspecified atom stereocenters. The summed E-state index contributed by atoms with van der Waals surface area (Å²) >= 11 is 1.49. The molecule has 1 aromatic carbocycles. The van der Waals surface area contributed by atoms with Crippen LogP contribution in [0.15, 0.2) is 41.6 Å². The first-order chi connectivity index (χ1) is 13.7. The highest BCUT2D eigenvalue weighted by Crippen LogP contribution is 2.37. The zero-order chi connectivity index (χ0) is 21.2. The SMILES string of the molecule is COc1ccc(-c2sc(NC(C)C)nc2C)cc1S(=O)(=O)Nc1cncc(C)c1. The molecule has 2 aromatic heterocycles. The molecule has 3 rings (SSSR count). The molecule has 154 valence electrons. The highest BCUT2D eigenvalue weighted by atomic mass is 32.2. The van der Waals surface area contributed by atoms with Crippen LogP contribution in [-0.4, -0.2) is 31.5 Å². The summed E-state index contributed by atoms with van der Waals surface area (Å²) < 4.78 is 34.0. The molecule has 0 radical (unpaired) electrons. The van der Waals surface area contributed by atoms with Gasteiger partial charge in [-0.05, 0) is 63.1 Å². The van der Waals surface area contributed by atoms with Crippen LogP contribution in [0.4, 0.5) is 10.8 Å². The Bertz CT molecular complexity index is 1120. The van der Waals surface area contributed by atoms with E-state index in [0.717, 1.165) is 26.8 Å². The van der Waals surface area contributed by atoms with E-state index in [1.165, 1.54) is 24.6 Å². The normalized spacial score (nSPS) is 11.5. The number of aromatic nitrogens is 2. The third-order valence-corrected chi connectivity index (χ3v) is 6.59. The first-order valence-electron chi connectivity index (χ1n) is 9.06. The van der Waals surface area contributed by atoms with Crippen molar-refractivity contribution < 1.29 is 13.2 Å². The number of hydrogen-bond acceptors (Lipinski definition) is 7. The summed E-state index contributed by atoms with van der Waals surface area (Å²) in [6.07, 6.45) is 3.13. The number of nitrogens with one attached hydrogen (secondary N) is 2. The lowest BCUT2D eigenvalue weighted by Crippen LogP contribution is -2.14. The lowest BCUT2D eigenvalue weighted by molar-refractivity contribution is 0.403. The molecule has 29 heavy (non-hydrogen) atoms. The van der Waals surface area contributed by atoms with E-state index in [0.29, 0.717) is 5.69 Å². The fourth-order valence-electron chi connectivity index (χ4n) is 2.82. The molecule has 0 spiro atoms. The van der Waals surface area contributed by atoms with Gasteiger partial charge in [-0.1, -0.05) is 11.3 Å². The Hall–Kier alpha value is -2.65. The Kier molecular flexibility index (Phi) is 6.09. The molecule has 0 aliphatic heterocycles. The minimum Gasteiger partial charge on any atom is -0.495 e. The first kappa shape index (κ1) is 21.1. The molecule has 2 N–H and O–H groups in total. The second-order valence-electron chi connectivity index (χ2n) is 6.95. The molecule has 0 aliphatic carbocycles. The van der Waals surface area contributed by atoms with E-state index in [-0.39, 0.29) is 16.7 Å². The molecule has 3 aromatic rings. The van der Waals surface area contributed by atoms with E-state index in [9.17, 15) is 8.42 Å². The van der Waals surface area contributed by atoms with E-state index in [2.05, 4.69) is 20.0 Å². The van der Waals surface area contributed by atoms with Crippen molar-refractivity contribution in [3.63, 3.8) is 0 Å². The van der Waals surface area contributed by atoms with E-state index >= 15 is 0 Å². The third-order valence-electron chi connectivity index (χ3n) is 4.05. The minimum atomic E-state index is -3.87. The van der Waals surface area contributed by atoms with Crippen LogP contribution >= 0.6 is 11.3 Å². The van der Waals surface area contributed by atoms with Gasteiger partial charge in [-0.15, -0.1) is 0 Å². The first-order valence-corrected chi connectivity index (χ1v) is 11.4. The second-order valence-corrected chi connectivity index (χ2v) is 9.60. The largest absolute Gasteiger partial charge is 0.495 e. The standard InChI is InChI=1S/C20H24N4O3S2/c1-12(2)22-20-23-14(4)19(28-20)15-6-7-17(27-5)18(9-15)29(25,26)24-16-8-13(3)10-21-11-16/h6-12,24H,1-5H3,(H,22,23). The maximum absolute atomic E-state index is 13.1. The summed E-state index contributed by atoms with van der Waals surface area (Å²) in [5.74, 6) is 0.268. The van der Waals surface area contributed by atoms with Crippen molar-refractivity contribution >= 4 is 32.2 Å². The van der Waals surface area contributed by atoms with Gasteiger partial charge in [0.25, 0.3) is 10.0 Å². The number of aryl methyl sites for hydroxylation is 2. The van der Waals surface area contributed by atoms with Crippen LogP contribution in [0.2, 0.25) is 0 Å². The van der Waals surface area contributed by atoms with Crippen molar-refractivity contribution in [1.29, 1.82) is 0 Å². The molecular formula is C20H24N4O3S2. The van der Waals surface area contributed by atoms with Crippen molar-refractivity contribution in [2.24, 2.45) is 0 Å². The van der Waals surface area contributed by atoms with Gasteiger partial charge in [0.05, 0.1) is 29.6 Å². The Morgan fingerprint density at radius 3 is 2.55 bits per heavy atom. The number of ether oxygens (including phenoxy) is 1. The molecule has 7 nitrogen and oxygen atoms in total. The maximum Gasteiger partial charge on any atom is 0.265 e. The molecule has 0 atom stereocenters. The van der Waals surface area contributed by atoms with E-state index < -0.39 is 10.0 Å². The monoisotopic (exact) mass is 432 g/mol. The number of methoxy groups -OCH3 is 1. The predicted octanol–water partition coefficient (Wildman–Crippen LogP) is 4.45. The number of sulfonamides is 1. The van der Waals surface area contributed by atoms with Gasteiger partial charge in [-0.2, -0.15) is 0 Å². The Labute approximate surface area is 175 Å². The Morgan fingerprint density at radius 2 is 1.90 bits per heavy atom. The number of anilines is 2. The third kappa shape index (κ3) is 4.86. The van der Waals surface area contributed by atoms with Crippen molar-refractivity contribution in [1.82, 2.24) is 9.97 Å². The van der Waals surface area contributed by atoms with Crippen molar-refractivity contribution in [2.75, 3.05) is 17.1 Å². The van der Waals surface area contributed by atoms with E-state index in [1.807, 2.05) is 33.8 Å². The van der Waals surface area contributed by atoms with Crippen molar-refractivity contribution in [3.05, 3.63) is 47.9 Å². The van der Waals surface area contributed by atoms with Gasteiger partial charge < -0.3 is 10.1 Å². The number of hydrogen-bond donors (Lipinski definition) is 2. The van der Waals surface area contributed by atoms with Crippen molar-refractivity contribution in [3.8, 4) is 16.2 Å². The van der Waals surface area contributed by atoms with Crippen LogP contribution < -0.4 is 14.8 Å². The van der Waals surface area contributed by atoms with Gasteiger partial charge in [-0.3, -0.25) is 9.71 Å². The highest BCUT2D eigenvalue weighted by Gasteiger charge is 2.22. The molecule has 2 heterocycles. The van der Waals surface area contributed by atoms with Crippen LogP contribution in [0.25, 0.3) is 10.4 Å². The molecule has 0 saturated heterocycles. The van der Waals surface area contributed by atoms with E-state index in [1.54, 1.807) is 24.4 Å². The predicted molar refractivity (Wildman–Crippen MR) is 117 cm³/mol. The second kappa shape index (κ2) is 8.38. The fourth-order valence-corrected chi connectivity index (χ4v) is 5.16. The molecule has 0 aliphatic rings. The lowest BCUT2D eigenvalue weighted by Gasteiger charge is -2.13. The van der Waals surface area contributed by atoms with E-state index in [4.69, 9.17) is 4.74 Å². The Morgan fingerprint density at radius 1 is 1.14 bits per heavy atom. The molecular weight excluding hydrogens is 408 g/mol. The van der Waals surface area contributed by atoms with Crippen LogP contribution in [0.3, 0.4) is 0 Å². The average molecular weight is 433 g/mol. The summed E-state index contributed by atoms with van der Waals surface area (Å²) in [5, 5.41) is 4.09. The van der Waals surface area contributed by atoms with Crippen LogP contribution in [0.1, 0.15) is 25.1 Å². The maximum atomic E-state index is 13.1. The van der Waals surface area contributed by atoms with Gasteiger partial charge >= 0.3 is 0 Å². The number of rotatable bonds is 7. The summed E-state index contributed by atoms with van der Waals surface area (Å²) in [5.41, 5.74) is 2.86. The molecule has 0 fully saturated rings. The number of nitrogens with zero attached hydrogens (tertiary/aromatic N) is 2. The summed E-state index contributed by atoms with van der Waals surface area (Å²) in [6, 6.07) is 7.09. The van der Waals surface area contributed by atoms with Gasteiger partial charge in [0.2, 0.25) is 0 Å². The fraction of sp³-hybridized carbons (Fsp3) is 0.300. The van der Waals surface area contributed by atoms with Crippen LogP contribution in [0.5, 0.6) is 5.75 Å². The minimum absolute atomic E-state index is 0.0603. The number of pyridine rings is 1. The molecule has 9 heteroatoms. The van der Waals surface area contributed by atoms with Gasteiger partial charge in [-0.25, -0.2) is 13.4 Å². The van der Waals surface area contributed by atoms with Crippen LogP contribution in [-0.2, 0) is 10.0 Å². The molecule has 0 bridgehead atoms. The van der Waals surface area contributed by atoms with Gasteiger partial charge in [0, 0.05) is 12.2 Å².